The van der Waals surface area contributed by atoms with Crippen LogP contribution in [0.4, 0.5) is 0 Å². The van der Waals surface area contributed by atoms with Gasteiger partial charge in [-0.05, 0) is 28.1 Å². The summed E-state index contributed by atoms with van der Waals surface area (Å²) >= 11 is 3.45. The van der Waals surface area contributed by atoms with Crippen LogP contribution in [-0.4, -0.2) is 9.38 Å². The molecule has 0 atom stereocenters. The van der Waals surface area contributed by atoms with Crippen LogP contribution in [-0.2, 0) is 6.54 Å². The van der Waals surface area contributed by atoms with Crippen molar-refractivity contribution in [2.24, 2.45) is 5.73 Å². The van der Waals surface area contributed by atoms with Crippen LogP contribution in [0.5, 0.6) is 0 Å². The second-order valence-corrected chi connectivity index (χ2v) is 3.36. The van der Waals surface area contributed by atoms with Gasteiger partial charge in [-0.2, -0.15) is 0 Å². The molecule has 0 fully saturated rings. The molecule has 2 heterocycles. The highest BCUT2D eigenvalue weighted by Crippen LogP contribution is 2.19. The number of hydrogen-bond donors (Lipinski definition) is 1. The van der Waals surface area contributed by atoms with E-state index in [4.69, 9.17) is 5.73 Å². The Kier molecular flexibility index (Phi) is 1.86. The third kappa shape index (κ3) is 1.04. The SMILES string of the molecule is NCc1ncn2cccc(Br)c12. The molecule has 0 spiro atoms. The Bertz CT molecular complexity index is 408. The molecule has 2 aromatic heterocycles. The van der Waals surface area contributed by atoms with Gasteiger partial charge in [0.25, 0.3) is 0 Å². The molecule has 0 saturated carbocycles. The molecule has 2 aromatic rings. The highest BCUT2D eigenvalue weighted by atomic mass is 79.9. The first kappa shape index (κ1) is 7.76. The smallest absolute Gasteiger partial charge is 0.0996 e. The summed E-state index contributed by atoms with van der Waals surface area (Å²) in [5, 5.41) is 0. The van der Waals surface area contributed by atoms with E-state index < -0.39 is 0 Å². The zero-order valence-corrected chi connectivity index (χ0v) is 7.95. The number of hydrogen-bond acceptors (Lipinski definition) is 2. The van der Waals surface area contributed by atoms with Crippen molar-refractivity contribution < 1.29 is 0 Å². The van der Waals surface area contributed by atoms with Gasteiger partial charge in [-0.1, -0.05) is 0 Å². The number of halogens is 1. The van der Waals surface area contributed by atoms with Gasteiger partial charge in [0.15, 0.2) is 0 Å². The molecule has 3 nitrogen and oxygen atoms in total. The minimum Gasteiger partial charge on any atom is -0.325 e. The number of pyridine rings is 1. The number of imidazole rings is 1. The van der Waals surface area contributed by atoms with E-state index in [1.807, 2.05) is 22.7 Å². The van der Waals surface area contributed by atoms with Crippen molar-refractivity contribution in [3.63, 3.8) is 0 Å². The van der Waals surface area contributed by atoms with E-state index in [1.165, 1.54) is 0 Å². The summed E-state index contributed by atoms with van der Waals surface area (Å²) in [5.41, 5.74) is 7.51. The maximum Gasteiger partial charge on any atom is 0.0996 e. The van der Waals surface area contributed by atoms with Crippen LogP contribution in [0.1, 0.15) is 5.69 Å². The van der Waals surface area contributed by atoms with Gasteiger partial charge in [0.05, 0.1) is 17.5 Å². The predicted molar refractivity (Wildman–Crippen MR) is 50.8 cm³/mol. The molecule has 0 radical (unpaired) electrons. The lowest BCUT2D eigenvalue weighted by molar-refractivity contribution is 1.02. The number of fused-ring (bicyclic) bond motifs is 1. The summed E-state index contributed by atoms with van der Waals surface area (Å²) in [4.78, 5) is 4.18. The zero-order chi connectivity index (χ0) is 8.55. The van der Waals surface area contributed by atoms with E-state index in [0.717, 1.165) is 15.7 Å². The molecule has 0 unspecified atom stereocenters. The Morgan fingerprint density at radius 2 is 2.42 bits per heavy atom. The van der Waals surface area contributed by atoms with Gasteiger partial charge in [0, 0.05) is 17.2 Å². The molecule has 0 saturated heterocycles. The predicted octanol–water partition coefficient (Wildman–Crippen LogP) is 1.56. The van der Waals surface area contributed by atoms with Crippen molar-refractivity contribution in [2.75, 3.05) is 0 Å². The normalized spacial score (nSPS) is 10.8. The maximum atomic E-state index is 5.53. The van der Waals surface area contributed by atoms with Crippen molar-refractivity contribution in [1.82, 2.24) is 9.38 Å². The summed E-state index contributed by atoms with van der Waals surface area (Å²) in [6, 6.07) is 3.94. The molecule has 2 N–H and O–H groups in total. The largest absolute Gasteiger partial charge is 0.325 e. The first-order valence-electron chi connectivity index (χ1n) is 3.63. The van der Waals surface area contributed by atoms with E-state index in [2.05, 4.69) is 20.9 Å². The quantitative estimate of drug-likeness (QED) is 0.801. The van der Waals surface area contributed by atoms with Crippen molar-refractivity contribution in [3.8, 4) is 0 Å². The fraction of sp³-hybridized carbons (Fsp3) is 0.125. The highest BCUT2D eigenvalue weighted by molar-refractivity contribution is 9.10. The number of aromatic nitrogens is 2. The molecule has 0 aliphatic heterocycles. The van der Waals surface area contributed by atoms with E-state index in [-0.39, 0.29) is 0 Å². The van der Waals surface area contributed by atoms with Gasteiger partial charge >= 0.3 is 0 Å². The van der Waals surface area contributed by atoms with Gasteiger partial charge in [-0.3, -0.25) is 0 Å². The Morgan fingerprint density at radius 3 is 3.17 bits per heavy atom. The molecule has 62 valence electrons. The Balaban J connectivity index is 2.83. The van der Waals surface area contributed by atoms with Crippen LogP contribution >= 0.6 is 15.9 Å². The number of rotatable bonds is 1. The second kappa shape index (κ2) is 2.88. The van der Waals surface area contributed by atoms with Crippen molar-refractivity contribution >= 4 is 21.4 Å². The first-order chi connectivity index (χ1) is 5.83. The highest BCUT2D eigenvalue weighted by Gasteiger charge is 2.04. The van der Waals surface area contributed by atoms with Gasteiger partial charge in [-0.25, -0.2) is 4.98 Å². The molecule has 12 heavy (non-hydrogen) atoms. The van der Waals surface area contributed by atoms with Gasteiger partial charge in [0.2, 0.25) is 0 Å². The third-order valence-corrected chi connectivity index (χ3v) is 2.42. The van der Waals surface area contributed by atoms with Crippen LogP contribution in [0.2, 0.25) is 0 Å². The fourth-order valence-electron chi connectivity index (χ4n) is 1.22. The minimum absolute atomic E-state index is 0.471. The van der Waals surface area contributed by atoms with E-state index in [0.29, 0.717) is 6.54 Å². The average Bonchev–Trinajstić information content (AvgIpc) is 2.49. The van der Waals surface area contributed by atoms with Crippen LogP contribution in [0, 0.1) is 0 Å². The zero-order valence-electron chi connectivity index (χ0n) is 6.37. The average molecular weight is 226 g/mol. The van der Waals surface area contributed by atoms with Crippen molar-refractivity contribution in [3.05, 3.63) is 34.8 Å². The molecule has 2 rings (SSSR count). The lowest BCUT2D eigenvalue weighted by Gasteiger charge is -1.97. The molecule has 0 aliphatic carbocycles. The number of nitrogens with two attached hydrogens (primary N) is 1. The summed E-state index contributed by atoms with van der Waals surface area (Å²) in [5.74, 6) is 0. The van der Waals surface area contributed by atoms with Crippen LogP contribution in [0.15, 0.2) is 29.1 Å². The Labute approximate surface area is 78.3 Å². The van der Waals surface area contributed by atoms with E-state index in [1.54, 1.807) is 6.33 Å². The second-order valence-electron chi connectivity index (χ2n) is 2.51. The summed E-state index contributed by atoms with van der Waals surface area (Å²) in [6.45, 7) is 0.471. The van der Waals surface area contributed by atoms with Crippen LogP contribution in [0.3, 0.4) is 0 Å². The minimum atomic E-state index is 0.471. The monoisotopic (exact) mass is 225 g/mol. The van der Waals surface area contributed by atoms with E-state index in [9.17, 15) is 0 Å². The summed E-state index contributed by atoms with van der Waals surface area (Å²) in [7, 11) is 0. The van der Waals surface area contributed by atoms with E-state index >= 15 is 0 Å². The lowest BCUT2D eigenvalue weighted by Crippen LogP contribution is -1.97. The van der Waals surface area contributed by atoms with Gasteiger partial charge in [0.1, 0.15) is 0 Å². The first-order valence-corrected chi connectivity index (χ1v) is 4.42. The lowest BCUT2D eigenvalue weighted by atomic mass is 10.3. The molecule has 0 aromatic carbocycles. The van der Waals surface area contributed by atoms with Crippen molar-refractivity contribution in [1.29, 1.82) is 0 Å². The maximum absolute atomic E-state index is 5.53. The van der Waals surface area contributed by atoms with Crippen LogP contribution in [0.25, 0.3) is 5.52 Å². The molecule has 0 aliphatic rings. The Hall–Kier alpha value is -0.870. The van der Waals surface area contributed by atoms with Crippen molar-refractivity contribution in [2.45, 2.75) is 6.54 Å². The summed E-state index contributed by atoms with van der Waals surface area (Å²) < 4.78 is 2.98. The topological polar surface area (TPSA) is 43.3 Å². The molecule has 0 amide bonds. The summed E-state index contributed by atoms with van der Waals surface area (Å²) in [6.07, 6.45) is 3.72. The molecular weight excluding hydrogens is 218 g/mol. The molecular formula is C8H8BrN3. The fourth-order valence-corrected chi connectivity index (χ4v) is 1.81. The van der Waals surface area contributed by atoms with Gasteiger partial charge in [-0.15, -0.1) is 0 Å². The third-order valence-electron chi connectivity index (χ3n) is 1.78. The number of nitrogens with zero attached hydrogens (tertiary/aromatic N) is 2. The Morgan fingerprint density at radius 1 is 1.58 bits per heavy atom. The molecule has 4 heteroatoms. The standard InChI is InChI=1S/C8H8BrN3/c9-6-2-1-3-12-5-11-7(4-10)8(6)12/h1-3,5H,4,10H2. The van der Waals surface area contributed by atoms with Gasteiger partial charge < -0.3 is 10.1 Å². The molecule has 0 bridgehead atoms. The van der Waals surface area contributed by atoms with Crippen LogP contribution < -0.4 is 5.73 Å².